The number of halogens is 2. The number of nitrogen functional groups attached to an aromatic ring is 3. The number of furan rings is 8. The fourth-order valence-electron chi connectivity index (χ4n) is 12.3. The molecule has 0 saturated carbocycles. The summed E-state index contributed by atoms with van der Waals surface area (Å²) in [6, 6.07) is 65.0. The van der Waals surface area contributed by atoms with Crippen LogP contribution in [0.15, 0.2) is 328 Å². The van der Waals surface area contributed by atoms with Crippen LogP contribution in [0.1, 0.15) is 87.5 Å². The van der Waals surface area contributed by atoms with Gasteiger partial charge in [0.25, 0.3) is 23.7 Å². The summed E-state index contributed by atoms with van der Waals surface area (Å²) in [7, 11) is 4.41. The number of rotatable bonds is 15. The summed E-state index contributed by atoms with van der Waals surface area (Å²) in [5.41, 5.74) is 24.4. The van der Waals surface area contributed by atoms with E-state index in [9.17, 15) is 23.6 Å². The average molecular weight is 1860 g/mol. The molecule has 1 saturated heterocycles. The van der Waals surface area contributed by atoms with Crippen molar-refractivity contribution in [3.8, 4) is 17.8 Å². The van der Waals surface area contributed by atoms with Crippen molar-refractivity contribution < 1.29 is 79.7 Å². The van der Waals surface area contributed by atoms with Gasteiger partial charge in [-0.3, -0.25) is 28.4 Å². The highest BCUT2D eigenvalue weighted by Crippen LogP contribution is 2.32. The minimum absolute atomic E-state index is 0. The maximum Gasteiger partial charge on any atom is 0.300 e. The lowest BCUT2D eigenvalue weighted by Crippen LogP contribution is -2.12. The van der Waals surface area contributed by atoms with Crippen LogP contribution in [0.5, 0.6) is 11.6 Å². The van der Waals surface area contributed by atoms with Crippen molar-refractivity contribution in [1.82, 2.24) is 61.6 Å². The topological polar surface area (TPSA) is 533 Å². The van der Waals surface area contributed by atoms with E-state index < -0.39 is 13.1 Å². The van der Waals surface area contributed by atoms with E-state index in [1.807, 2.05) is 129 Å². The lowest BCUT2D eigenvalue weighted by molar-refractivity contribution is -0.134. The van der Waals surface area contributed by atoms with Gasteiger partial charge in [0.15, 0.2) is 18.2 Å². The van der Waals surface area contributed by atoms with E-state index in [1.165, 1.54) is 23.9 Å². The van der Waals surface area contributed by atoms with E-state index in [1.54, 1.807) is 185 Å². The number of hydrogen-bond acceptors (Lipinski definition) is 31. The molecule has 0 aliphatic carbocycles. The monoisotopic (exact) mass is 1860 g/mol. The third kappa shape index (κ3) is 29.5. The Morgan fingerprint density at radius 1 is 0.478 bits per heavy atom. The van der Waals surface area contributed by atoms with Crippen molar-refractivity contribution >= 4 is 164 Å². The Balaban J connectivity index is 0.000000173. The summed E-state index contributed by atoms with van der Waals surface area (Å²) < 4.78 is 68.8. The number of nitrogens with zero attached hydrogens (tertiary/aromatic N) is 10. The number of pyridine rings is 8. The van der Waals surface area contributed by atoms with Gasteiger partial charge in [-0.15, -0.1) is 0 Å². The Hall–Kier alpha value is -17.5. The number of nitriles is 1. The second-order valence-corrected chi connectivity index (χ2v) is 28.3. The van der Waals surface area contributed by atoms with E-state index >= 15 is 0 Å². The number of para-hydroxylation sites is 1. The number of carbonyl (C=O) groups excluding carboxylic acids is 4. The number of nitrogens with two attached hydrogens (primary N) is 3. The molecule has 4 aromatic carbocycles. The Kier molecular flexibility index (Phi) is 39.2. The zero-order valence-corrected chi connectivity index (χ0v) is 73.9. The third-order valence-electron chi connectivity index (χ3n) is 18.5. The van der Waals surface area contributed by atoms with Crippen molar-refractivity contribution in [2.24, 2.45) is 0 Å². The highest BCUT2D eigenvalue weighted by atomic mass is 35.5. The fraction of sp³-hybridized carbons (Fsp3) is 0.131. The maximum atomic E-state index is 12.2. The number of carboxylic acid groups (broad SMARTS) is 1. The molecule has 20 aromatic rings. The average Bonchev–Trinajstić information content (AvgIpc) is 1.59. The normalized spacial score (nSPS) is 10.7. The van der Waals surface area contributed by atoms with Gasteiger partial charge < -0.3 is 105 Å². The smallest absolute Gasteiger partial charge is 0.300 e. The first-order chi connectivity index (χ1) is 65.7. The molecule has 37 heteroatoms. The number of carbonyl (C=O) groups is 5. The summed E-state index contributed by atoms with van der Waals surface area (Å²) in [5.74, 6) is 5.31. The molecule has 17 heterocycles. The maximum absolute atomic E-state index is 12.2. The second kappa shape index (κ2) is 53.0. The van der Waals surface area contributed by atoms with Crippen molar-refractivity contribution in [3.63, 3.8) is 0 Å². The molecule has 1 fully saturated rings. The summed E-state index contributed by atoms with van der Waals surface area (Å²) in [4.78, 5) is 89.9. The molecule has 0 radical (unpaired) electrons. The van der Waals surface area contributed by atoms with E-state index in [2.05, 4.69) is 66.5 Å². The molecule has 1 aliphatic rings. The zero-order chi connectivity index (χ0) is 95.6. The molecule has 0 atom stereocenters. The number of benzene rings is 4. The molecular weight excluding hydrogens is 1770 g/mol. The summed E-state index contributed by atoms with van der Waals surface area (Å²) in [6.45, 7) is 4.85. The number of alkyl halides is 1. The fourth-order valence-corrected chi connectivity index (χ4v) is 12.6. The highest BCUT2D eigenvalue weighted by molar-refractivity contribution is 6.34. The van der Waals surface area contributed by atoms with Gasteiger partial charge in [-0.2, -0.15) is 5.26 Å². The Morgan fingerprint density at radius 3 is 1.24 bits per heavy atom. The van der Waals surface area contributed by atoms with Gasteiger partial charge in [0.1, 0.15) is 108 Å². The molecule has 21 rings (SSSR count). The van der Waals surface area contributed by atoms with Gasteiger partial charge in [0.05, 0.1) is 96.3 Å². The predicted octanol–water partition coefficient (Wildman–Crippen LogP) is 21.0. The lowest BCUT2D eigenvalue weighted by atomic mass is 10.2. The first-order valence-electron chi connectivity index (χ1n) is 41.5. The van der Waals surface area contributed by atoms with Crippen LogP contribution in [0.25, 0.3) is 87.8 Å². The first kappa shape index (κ1) is 101. The van der Waals surface area contributed by atoms with Crippen LogP contribution >= 0.6 is 11.6 Å². The number of hydrogen-bond donors (Lipinski definition) is 10. The summed E-state index contributed by atoms with van der Waals surface area (Å²) in [5, 5.41) is 37.4. The summed E-state index contributed by atoms with van der Waals surface area (Å²) in [6.07, 6.45) is 24.5. The Labute approximate surface area is 783 Å². The molecule has 0 spiro atoms. The molecule has 0 bridgehead atoms. The van der Waals surface area contributed by atoms with Crippen molar-refractivity contribution in [3.05, 3.63) is 338 Å². The Bertz CT molecular complexity index is 7130. The van der Waals surface area contributed by atoms with Crippen LogP contribution in [0.2, 0.25) is 5.15 Å². The standard InChI is InChI=1S/C16H15N3O2.C15H10N2O3.C14H10N2O2.C13H9NO2.C10H10N4O.C9H11N3O.C7H4ClNO.C7H6N2O.C4H8O.C2H4O2.CH3F.CH4.H3N/c1-17-10-12-9-13-14(21-12)7-8-18-15(13)19-16(20)11-5-3-2-4-6-11;18-9-11-8-12-13(20-11)6-7-16-14(12)17-15(19)10-4-2-1-3-5-10;17-14(10-4-2-1-3-5-10)16-13-11-7-9-18-12(11)6-8-15-13;1-2-4-10(5-3-1)16-13-11-7-9-15-12(11)6-8-14-13;1-14(6-11)5-7-4-8-9(15-7)2-3-13-10(8)12;1-11-5-6-4-7-8(13-6)2-3-12-9(7)10;2*8-7-5-2-4-10-6(5)1-3-9-7;1-2-4-5-3-1;1-2(3)4;1-2;;/h2-9,17H,10H2,1H3,(H,18,19,20);1-9H,(H,16,17,19);1-9H,(H,15,16,17);1-9H;2-4H,5H2,1H3,(H2,12,13);2-4,11H,5H2,1H3,(H2,10,12);1-4H;1-4H,(H2,8,9);1-4H2;1H3,(H,3,4);1H3;1H4;1H3/i;;;;;;;;;;1D;;. The number of fused-ring (bicyclic) bond motifs is 8. The number of aromatic nitrogens is 8. The minimum Gasteiger partial charge on any atom is -0.481 e. The molecule has 3 amide bonds. The minimum atomic E-state index is -1.00. The van der Waals surface area contributed by atoms with E-state index in [4.69, 9.17) is 90.1 Å². The second-order valence-electron chi connectivity index (χ2n) is 27.9. The van der Waals surface area contributed by atoms with Gasteiger partial charge in [-0.05, 0) is 173 Å². The van der Waals surface area contributed by atoms with Gasteiger partial charge in [-0.1, -0.05) is 91.8 Å². The van der Waals surface area contributed by atoms with Gasteiger partial charge in [-0.25, -0.2) is 39.9 Å². The largest absolute Gasteiger partial charge is 0.481 e. The molecule has 698 valence electrons. The first-order valence-corrected chi connectivity index (χ1v) is 41.1. The van der Waals surface area contributed by atoms with Crippen LogP contribution in [0.4, 0.5) is 39.3 Å². The van der Waals surface area contributed by atoms with Crippen LogP contribution in [0, 0.1) is 11.5 Å². The van der Waals surface area contributed by atoms with Crippen molar-refractivity contribution in [1.29, 1.82) is 5.26 Å². The van der Waals surface area contributed by atoms with Crippen LogP contribution in [0.3, 0.4) is 0 Å². The molecule has 1 aliphatic heterocycles. The van der Waals surface area contributed by atoms with Crippen LogP contribution in [-0.4, -0.2) is 121 Å². The number of anilines is 6. The lowest BCUT2D eigenvalue weighted by Gasteiger charge is -2.04. The van der Waals surface area contributed by atoms with Crippen LogP contribution < -0.4 is 54.7 Å². The van der Waals surface area contributed by atoms with Crippen molar-refractivity contribution in [2.75, 3.05) is 74.7 Å². The Morgan fingerprint density at radius 2 is 0.816 bits per heavy atom. The number of aldehydes is 1. The molecule has 0 unspecified atom stereocenters. The third-order valence-corrected chi connectivity index (χ3v) is 18.8. The van der Waals surface area contributed by atoms with Crippen LogP contribution in [-0.2, 0) is 29.2 Å². The van der Waals surface area contributed by atoms with Gasteiger partial charge in [0.2, 0.25) is 5.88 Å². The summed E-state index contributed by atoms with van der Waals surface area (Å²) >= 11 is 5.73. The van der Waals surface area contributed by atoms with Gasteiger partial charge in [0, 0.05) is 93.5 Å². The SMILES string of the molecule is C.C1CCOC1.CC(=O)O.CN(C#N)Cc1cc2c(N)nccc2o1.CNCc1cc2c(N)nccc2o1.CNCc1cc2c(NC(=O)c3ccccc3)nccc2o1.Clc1nccc2occc12.N.Nc1nccc2occc12.O=C(Nc1nccc2occc12)c1ccccc1.O=Cc1cc2c(NC(=O)c3ccccc3)nccc2o1.[2H]CF.c1ccc(Oc2nccc3occc23)cc1. The molecule has 35 nitrogen and oxygen atoms in total. The highest BCUT2D eigenvalue weighted by Gasteiger charge is 2.18. The van der Waals surface area contributed by atoms with E-state index in [-0.39, 0.29) is 37.1 Å². The quantitative estimate of drug-likeness (QED) is 0.0197. The van der Waals surface area contributed by atoms with E-state index in [0.29, 0.717) is 122 Å². The number of amides is 3. The van der Waals surface area contributed by atoms with Gasteiger partial charge >= 0.3 is 0 Å². The number of carboxylic acids is 1. The van der Waals surface area contributed by atoms with E-state index in [0.717, 1.165) is 97.4 Å². The zero-order valence-electron chi connectivity index (χ0n) is 74.2. The molecule has 15 N–H and O–H groups in total. The van der Waals surface area contributed by atoms with Crippen molar-refractivity contribution in [2.45, 2.75) is 46.8 Å². The molecular formula is C99H97ClFN19O16. The predicted molar refractivity (Wildman–Crippen MR) is 520 cm³/mol. The molecule has 16 aromatic heterocycles. The number of ether oxygens (including phenoxy) is 2. The number of nitrogens with one attached hydrogen (secondary N) is 5. The number of aliphatic carboxylic acids is 1. The molecule has 136 heavy (non-hydrogen) atoms.